The molecule has 0 aliphatic heterocycles. The lowest BCUT2D eigenvalue weighted by molar-refractivity contribution is 0.131. The molecule has 2 aliphatic rings. The zero-order valence-electron chi connectivity index (χ0n) is 16.8. The minimum absolute atomic E-state index is 0.287. The van der Waals surface area contributed by atoms with Crippen LogP contribution in [0.3, 0.4) is 0 Å². The molecule has 0 amide bonds. The summed E-state index contributed by atoms with van der Waals surface area (Å²) in [7, 11) is 0. The Morgan fingerprint density at radius 2 is 1.50 bits per heavy atom. The van der Waals surface area contributed by atoms with Crippen LogP contribution in [-0.2, 0) is 4.84 Å². The van der Waals surface area contributed by atoms with Crippen molar-refractivity contribution in [3.8, 4) is 0 Å². The van der Waals surface area contributed by atoms with E-state index in [2.05, 4.69) is 32.9 Å². The van der Waals surface area contributed by atoms with Crippen LogP contribution >= 0.6 is 0 Å². The van der Waals surface area contributed by atoms with E-state index in [-0.39, 0.29) is 5.41 Å². The molecule has 0 saturated heterocycles. The zero-order chi connectivity index (χ0) is 17.5. The van der Waals surface area contributed by atoms with E-state index in [1.54, 1.807) is 0 Å². The van der Waals surface area contributed by atoms with Gasteiger partial charge >= 0.3 is 0 Å². The molecule has 0 spiro atoms. The number of oxime groups is 1. The van der Waals surface area contributed by atoms with E-state index >= 15 is 0 Å². The van der Waals surface area contributed by atoms with Crippen molar-refractivity contribution in [3.63, 3.8) is 0 Å². The van der Waals surface area contributed by atoms with Crippen LogP contribution in [0, 0.1) is 16.7 Å². The lowest BCUT2D eigenvalue weighted by Gasteiger charge is -2.34. The Labute approximate surface area is 150 Å². The SMILES string of the molecule is CCCCCCCCCCCCON=C1CC2CCC1(C)C2(C)C. The fraction of sp³-hybridized carbons (Fsp3) is 0.955. The van der Waals surface area contributed by atoms with E-state index in [1.165, 1.54) is 82.8 Å². The summed E-state index contributed by atoms with van der Waals surface area (Å²) in [6.45, 7) is 10.3. The lowest BCUT2D eigenvalue weighted by Crippen LogP contribution is -2.32. The van der Waals surface area contributed by atoms with E-state index in [0.29, 0.717) is 5.41 Å². The predicted octanol–water partition coefficient (Wildman–Crippen LogP) is 7.13. The van der Waals surface area contributed by atoms with Gasteiger partial charge in [0.25, 0.3) is 0 Å². The van der Waals surface area contributed by atoms with Crippen molar-refractivity contribution in [3.05, 3.63) is 0 Å². The van der Waals surface area contributed by atoms with E-state index in [4.69, 9.17) is 4.84 Å². The highest BCUT2D eigenvalue weighted by Crippen LogP contribution is 2.63. The molecule has 0 aromatic heterocycles. The van der Waals surface area contributed by atoms with Crippen molar-refractivity contribution in [1.82, 2.24) is 0 Å². The molecule has 2 fully saturated rings. The molecular weight excluding hydrogens is 294 g/mol. The molecule has 2 unspecified atom stereocenters. The molecule has 2 saturated carbocycles. The van der Waals surface area contributed by atoms with Gasteiger partial charge < -0.3 is 4.84 Å². The van der Waals surface area contributed by atoms with Gasteiger partial charge in [0, 0.05) is 5.41 Å². The van der Waals surface area contributed by atoms with Gasteiger partial charge in [-0.1, -0.05) is 84.2 Å². The van der Waals surface area contributed by atoms with Crippen molar-refractivity contribution in [2.45, 2.75) is 111 Å². The first kappa shape index (κ1) is 19.8. The van der Waals surface area contributed by atoms with Crippen molar-refractivity contribution < 1.29 is 4.84 Å². The third-order valence-corrected chi connectivity index (χ3v) is 7.28. The lowest BCUT2D eigenvalue weighted by atomic mass is 9.70. The summed E-state index contributed by atoms with van der Waals surface area (Å²) in [5.41, 5.74) is 2.04. The highest BCUT2D eigenvalue weighted by molar-refractivity contribution is 5.93. The Bertz CT molecular complexity index is 401. The number of nitrogens with zero attached hydrogens (tertiary/aromatic N) is 1. The van der Waals surface area contributed by atoms with Crippen LogP contribution in [0.25, 0.3) is 0 Å². The largest absolute Gasteiger partial charge is 0.396 e. The maximum Gasteiger partial charge on any atom is 0.117 e. The van der Waals surface area contributed by atoms with Crippen molar-refractivity contribution in [2.75, 3.05) is 6.61 Å². The molecule has 24 heavy (non-hydrogen) atoms. The normalized spacial score (nSPS) is 29.5. The third kappa shape index (κ3) is 4.55. The maximum atomic E-state index is 5.69. The first-order valence-corrected chi connectivity index (χ1v) is 10.7. The van der Waals surface area contributed by atoms with Gasteiger partial charge in [0.15, 0.2) is 0 Å². The molecule has 2 heteroatoms. The Hall–Kier alpha value is -0.530. The first-order chi connectivity index (χ1) is 11.5. The highest BCUT2D eigenvalue weighted by atomic mass is 16.6. The van der Waals surface area contributed by atoms with Crippen LogP contribution in [0.15, 0.2) is 5.16 Å². The minimum Gasteiger partial charge on any atom is -0.396 e. The van der Waals surface area contributed by atoms with Crippen LogP contribution in [-0.4, -0.2) is 12.3 Å². The summed E-state index contributed by atoms with van der Waals surface area (Å²) in [5, 5.41) is 4.57. The van der Waals surface area contributed by atoms with E-state index < -0.39 is 0 Å². The summed E-state index contributed by atoms with van der Waals surface area (Å²) in [5.74, 6) is 0.821. The van der Waals surface area contributed by atoms with E-state index in [9.17, 15) is 0 Å². The fourth-order valence-corrected chi connectivity index (χ4v) is 4.84. The number of hydrogen-bond acceptors (Lipinski definition) is 2. The number of fused-ring (bicyclic) bond motifs is 2. The van der Waals surface area contributed by atoms with Crippen molar-refractivity contribution in [1.29, 1.82) is 0 Å². The Morgan fingerprint density at radius 3 is 2.00 bits per heavy atom. The van der Waals surface area contributed by atoms with Gasteiger partial charge in [0.05, 0.1) is 5.71 Å². The summed E-state index contributed by atoms with van der Waals surface area (Å²) in [6.07, 6.45) is 17.5. The standard InChI is InChI=1S/C22H41NO/c1-5-6-7-8-9-10-11-12-13-14-17-24-23-20-18-19-15-16-22(20,4)21(19,2)3/h19H,5-18H2,1-4H3. The monoisotopic (exact) mass is 335 g/mol. The Kier molecular flexibility index (Phi) is 7.62. The summed E-state index contributed by atoms with van der Waals surface area (Å²) >= 11 is 0. The summed E-state index contributed by atoms with van der Waals surface area (Å²) < 4.78 is 0. The Morgan fingerprint density at radius 1 is 0.917 bits per heavy atom. The van der Waals surface area contributed by atoms with Gasteiger partial charge in [0.1, 0.15) is 6.61 Å². The van der Waals surface area contributed by atoms with Crippen LogP contribution in [0.4, 0.5) is 0 Å². The van der Waals surface area contributed by atoms with Crippen LogP contribution in [0.2, 0.25) is 0 Å². The highest BCUT2D eigenvalue weighted by Gasteiger charge is 2.60. The average molecular weight is 336 g/mol. The molecule has 140 valence electrons. The molecule has 0 aromatic carbocycles. The first-order valence-electron chi connectivity index (χ1n) is 10.7. The second-order valence-electron chi connectivity index (χ2n) is 9.05. The Balaban J connectivity index is 1.49. The van der Waals surface area contributed by atoms with Crippen molar-refractivity contribution >= 4 is 5.71 Å². The second-order valence-corrected chi connectivity index (χ2v) is 9.05. The average Bonchev–Trinajstić information content (AvgIpc) is 2.89. The van der Waals surface area contributed by atoms with Crippen LogP contribution in [0.5, 0.6) is 0 Å². The molecule has 2 bridgehead atoms. The molecule has 2 aliphatic carbocycles. The van der Waals surface area contributed by atoms with E-state index in [0.717, 1.165) is 18.9 Å². The molecule has 2 nitrogen and oxygen atoms in total. The fourth-order valence-electron chi connectivity index (χ4n) is 4.84. The maximum absolute atomic E-state index is 5.69. The van der Waals surface area contributed by atoms with Gasteiger partial charge in [0.2, 0.25) is 0 Å². The quantitative estimate of drug-likeness (QED) is 0.275. The van der Waals surface area contributed by atoms with Crippen LogP contribution < -0.4 is 0 Å². The van der Waals surface area contributed by atoms with Gasteiger partial charge in [-0.05, 0) is 43.4 Å². The summed E-state index contributed by atoms with van der Waals surface area (Å²) in [6, 6.07) is 0. The molecule has 0 radical (unpaired) electrons. The smallest absolute Gasteiger partial charge is 0.117 e. The number of hydrogen-bond donors (Lipinski definition) is 0. The molecule has 0 N–H and O–H groups in total. The second kappa shape index (κ2) is 9.25. The molecular formula is C22H41NO. The summed E-state index contributed by atoms with van der Waals surface area (Å²) in [4.78, 5) is 5.69. The van der Waals surface area contributed by atoms with Gasteiger partial charge in [-0.25, -0.2) is 0 Å². The minimum atomic E-state index is 0.287. The topological polar surface area (TPSA) is 21.6 Å². The molecule has 2 atom stereocenters. The van der Waals surface area contributed by atoms with Crippen molar-refractivity contribution in [2.24, 2.45) is 21.9 Å². The van der Waals surface area contributed by atoms with E-state index in [1.807, 2.05) is 0 Å². The number of rotatable bonds is 12. The number of unbranched alkanes of at least 4 members (excludes halogenated alkanes) is 9. The van der Waals surface area contributed by atoms with Gasteiger partial charge in [-0.15, -0.1) is 0 Å². The third-order valence-electron chi connectivity index (χ3n) is 7.28. The zero-order valence-corrected chi connectivity index (χ0v) is 16.8. The van der Waals surface area contributed by atoms with Gasteiger partial charge in [-0.3, -0.25) is 0 Å². The van der Waals surface area contributed by atoms with Crippen LogP contribution in [0.1, 0.15) is 111 Å². The van der Waals surface area contributed by atoms with Gasteiger partial charge in [-0.2, -0.15) is 0 Å². The molecule has 0 heterocycles. The molecule has 2 rings (SSSR count). The molecule has 0 aromatic rings. The predicted molar refractivity (Wildman–Crippen MR) is 104 cm³/mol.